The predicted octanol–water partition coefficient (Wildman–Crippen LogP) is 7.21. The highest BCUT2D eigenvalue weighted by atomic mass is 35.5. The summed E-state index contributed by atoms with van der Waals surface area (Å²) in [4.78, 5) is 17.1. The molecule has 36 heavy (non-hydrogen) atoms. The number of phenolic OH excluding ortho intramolecular Hbond substituents is 1. The largest absolute Gasteiger partial charge is 0.508 e. The Morgan fingerprint density at radius 3 is 2.53 bits per heavy atom. The number of benzene rings is 3. The van der Waals surface area contributed by atoms with Gasteiger partial charge in [-0.2, -0.15) is 0 Å². The SMILES string of the molecule is N=C(CC(NC(=O)Nc1ccccc1Oc1ccc(Cl)cc1Cl)c1ccccc1O)c1cccnc1. The Labute approximate surface area is 218 Å². The number of pyridine rings is 1. The third kappa shape index (κ3) is 6.33. The zero-order valence-corrected chi connectivity index (χ0v) is 20.4. The molecule has 0 bridgehead atoms. The Bertz CT molecular complexity index is 1380. The van der Waals surface area contributed by atoms with E-state index in [-0.39, 0.29) is 17.9 Å². The summed E-state index contributed by atoms with van der Waals surface area (Å²) in [5.41, 5.74) is 1.77. The minimum Gasteiger partial charge on any atom is -0.508 e. The van der Waals surface area contributed by atoms with Gasteiger partial charge in [0.15, 0.2) is 5.75 Å². The summed E-state index contributed by atoms with van der Waals surface area (Å²) < 4.78 is 5.91. The van der Waals surface area contributed by atoms with Gasteiger partial charge in [0, 0.05) is 40.7 Å². The molecular formula is C27H22Cl2N4O3. The van der Waals surface area contributed by atoms with Gasteiger partial charge in [0.1, 0.15) is 11.5 Å². The van der Waals surface area contributed by atoms with E-state index in [0.717, 1.165) is 0 Å². The van der Waals surface area contributed by atoms with Crippen LogP contribution in [-0.4, -0.2) is 21.8 Å². The van der Waals surface area contributed by atoms with Crippen LogP contribution in [0.3, 0.4) is 0 Å². The quantitative estimate of drug-likeness (QED) is 0.184. The van der Waals surface area contributed by atoms with Crippen LogP contribution in [-0.2, 0) is 0 Å². The van der Waals surface area contributed by atoms with E-state index in [1.165, 1.54) is 6.07 Å². The number of aromatic nitrogens is 1. The Morgan fingerprint density at radius 1 is 1.00 bits per heavy atom. The van der Waals surface area contributed by atoms with Gasteiger partial charge in [0.25, 0.3) is 0 Å². The third-order valence-corrected chi connectivity index (χ3v) is 5.82. The topological polar surface area (TPSA) is 107 Å². The van der Waals surface area contributed by atoms with Crippen molar-refractivity contribution >= 4 is 40.6 Å². The van der Waals surface area contributed by atoms with E-state index in [1.54, 1.807) is 85.2 Å². The van der Waals surface area contributed by atoms with Crippen LogP contribution in [0.4, 0.5) is 10.5 Å². The summed E-state index contributed by atoms with van der Waals surface area (Å²) >= 11 is 12.2. The molecule has 182 valence electrons. The maximum Gasteiger partial charge on any atom is 0.319 e. The second-order valence-electron chi connectivity index (χ2n) is 7.81. The highest BCUT2D eigenvalue weighted by Crippen LogP contribution is 2.35. The molecule has 0 saturated heterocycles. The second kappa shape index (κ2) is 11.6. The number of urea groups is 1. The number of halogens is 2. The average Bonchev–Trinajstić information content (AvgIpc) is 2.87. The van der Waals surface area contributed by atoms with Gasteiger partial charge < -0.3 is 25.9 Å². The molecule has 9 heteroatoms. The molecule has 0 aliphatic rings. The fraction of sp³-hybridized carbons (Fsp3) is 0.0741. The molecule has 7 nitrogen and oxygen atoms in total. The molecule has 0 aliphatic heterocycles. The molecule has 0 aliphatic carbocycles. The number of nitrogens with zero attached hydrogens (tertiary/aromatic N) is 1. The van der Waals surface area contributed by atoms with Gasteiger partial charge >= 0.3 is 6.03 Å². The van der Waals surface area contributed by atoms with Crippen molar-refractivity contribution in [3.63, 3.8) is 0 Å². The van der Waals surface area contributed by atoms with Crippen LogP contribution < -0.4 is 15.4 Å². The summed E-state index contributed by atoms with van der Waals surface area (Å²) in [7, 11) is 0. The minimum atomic E-state index is -0.683. The van der Waals surface area contributed by atoms with Crippen LogP contribution in [0.5, 0.6) is 17.2 Å². The van der Waals surface area contributed by atoms with Gasteiger partial charge in [-0.3, -0.25) is 4.98 Å². The number of para-hydroxylation sites is 3. The summed E-state index contributed by atoms with van der Waals surface area (Å²) in [6.45, 7) is 0. The second-order valence-corrected chi connectivity index (χ2v) is 8.65. The Kier molecular flexibility index (Phi) is 8.05. The lowest BCUT2D eigenvalue weighted by Crippen LogP contribution is -2.34. The molecule has 0 spiro atoms. The van der Waals surface area contributed by atoms with Gasteiger partial charge in [0.05, 0.1) is 16.8 Å². The lowest BCUT2D eigenvalue weighted by atomic mass is 9.97. The van der Waals surface area contributed by atoms with Gasteiger partial charge in [-0.15, -0.1) is 0 Å². The van der Waals surface area contributed by atoms with Crippen molar-refractivity contribution < 1.29 is 14.6 Å². The van der Waals surface area contributed by atoms with E-state index in [4.69, 9.17) is 33.3 Å². The smallest absolute Gasteiger partial charge is 0.319 e. The highest BCUT2D eigenvalue weighted by molar-refractivity contribution is 6.35. The molecule has 1 unspecified atom stereocenters. The molecule has 4 N–H and O–H groups in total. The van der Waals surface area contributed by atoms with Crippen molar-refractivity contribution in [1.29, 1.82) is 5.41 Å². The molecule has 0 saturated carbocycles. The highest BCUT2D eigenvalue weighted by Gasteiger charge is 2.21. The standard InChI is InChI=1S/C27H22Cl2N4O3/c28-18-11-12-25(20(29)14-18)36-26-10-4-2-8-22(26)32-27(35)33-23(19-7-1-3-9-24(19)34)15-21(30)17-6-5-13-31-16-17/h1-14,16,23,30,34H,15H2,(H2,32,33,35). The molecule has 1 heterocycles. The fourth-order valence-electron chi connectivity index (χ4n) is 3.54. The van der Waals surface area contributed by atoms with Crippen LogP contribution in [0.2, 0.25) is 10.0 Å². The molecule has 3 aromatic carbocycles. The van der Waals surface area contributed by atoms with Gasteiger partial charge in [-0.05, 0) is 42.5 Å². The van der Waals surface area contributed by atoms with E-state index in [0.29, 0.717) is 38.4 Å². The van der Waals surface area contributed by atoms with Crippen molar-refractivity contribution in [2.75, 3.05) is 5.32 Å². The number of nitrogens with one attached hydrogen (secondary N) is 3. The molecule has 0 fully saturated rings. The van der Waals surface area contributed by atoms with Crippen LogP contribution >= 0.6 is 23.2 Å². The Balaban J connectivity index is 1.53. The maximum absolute atomic E-state index is 13.1. The summed E-state index contributed by atoms with van der Waals surface area (Å²) in [6.07, 6.45) is 3.34. The maximum atomic E-state index is 13.1. The number of phenols is 1. The van der Waals surface area contributed by atoms with Crippen molar-refractivity contribution in [1.82, 2.24) is 10.3 Å². The van der Waals surface area contributed by atoms with E-state index >= 15 is 0 Å². The van der Waals surface area contributed by atoms with E-state index in [2.05, 4.69) is 15.6 Å². The first-order chi connectivity index (χ1) is 17.4. The van der Waals surface area contributed by atoms with Gasteiger partial charge in [-0.1, -0.05) is 59.6 Å². The summed E-state index contributed by atoms with van der Waals surface area (Å²) in [6, 6.07) is 20.7. The van der Waals surface area contributed by atoms with E-state index in [9.17, 15) is 9.90 Å². The predicted molar refractivity (Wildman–Crippen MR) is 142 cm³/mol. The number of aromatic hydroxyl groups is 1. The summed E-state index contributed by atoms with van der Waals surface area (Å²) in [5, 5.41) is 25.4. The number of hydrogen-bond acceptors (Lipinski definition) is 5. The van der Waals surface area contributed by atoms with Crippen molar-refractivity contribution in [3.05, 3.63) is 112 Å². The monoisotopic (exact) mass is 520 g/mol. The normalized spacial score (nSPS) is 11.4. The summed E-state index contributed by atoms with van der Waals surface area (Å²) in [5.74, 6) is 0.773. The first-order valence-corrected chi connectivity index (χ1v) is 11.7. The van der Waals surface area contributed by atoms with Crippen molar-refractivity contribution in [3.8, 4) is 17.2 Å². The Morgan fingerprint density at radius 2 is 1.78 bits per heavy atom. The third-order valence-electron chi connectivity index (χ3n) is 5.28. The average molecular weight is 521 g/mol. The first-order valence-electron chi connectivity index (χ1n) is 11.0. The van der Waals surface area contributed by atoms with Crippen molar-refractivity contribution in [2.24, 2.45) is 0 Å². The number of rotatable bonds is 8. The van der Waals surface area contributed by atoms with E-state index < -0.39 is 12.1 Å². The lowest BCUT2D eigenvalue weighted by Gasteiger charge is -2.21. The Hall–Kier alpha value is -4.07. The van der Waals surface area contributed by atoms with Crippen LogP contribution in [0.25, 0.3) is 0 Å². The molecule has 4 aromatic rings. The molecular weight excluding hydrogens is 499 g/mol. The van der Waals surface area contributed by atoms with Gasteiger partial charge in [-0.25, -0.2) is 4.79 Å². The lowest BCUT2D eigenvalue weighted by molar-refractivity contribution is 0.248. The van der Waals surface area contributed by atoms with Crippen LogP contribution in [0, 0.1) is 5.41 Å². The number of carbonyl (C=O) groups is 1. The molecule has 4 rings (SSSR count). The number of hydrogen-bond donors (Lipinski definition) is 4. The number of carbonyl (C=O) groups excluding carboxylic acids is 1. The first kappa shape index (κ1) is 25.0. The zero-order valence-electron chi connectivity index (χ0n) is 18.9. The van der Waals surface area contributed by atoms with E-state index in [1.807, 2.05) is 0 Å². The molecule has 2 amide bonds. The minimum absolute atomic E-state index is 0.0166. The number of amides is 2. The van der Waals surface area contributed by atoms with Crippen LogP contribution in [0.1, 0.15) is 23.6 Å². The molecule has 1 aromatic heterocycles. The van der Waals surface area contributed by atoms with Crippen LogP contribution in [0.15, 0.2) is 91.3 Å². The fourth-order valence-corrected chi connectivity index (χ4v) is 3.98. The number of ether oxygens (including phenoxy) is 1. The molecule has 0 radical (unpaired) electrons. The van der Waals surface area contributed by atoms with Crippen molar-refractivity contribution in [2.45, 2.75) is 12.5 Å². The van der Waals surface area contributed by atoms with Gasteiger partial charge in [0.2, 0.25) is 0 Å². The number of anilines is 1. The molecule has 1 atom stereocenters. The zero-order chi connectivity index (χ0) is 25.5.